The van der Waals surface area contributed by atoms with Gasteiger partial charge in [-0.05, 0) is 46.5 Å². The highest BCUT2D eigenvalue weighted by Crippen LogP contribution is 2.27. The topological polar surface area (TPSA) is 85.7 Å². The van der Waals surface area contributed by atoms with E-state index in [1.807, 2.05) is 20.8 Å². The highest BCUT2D eigenvalue weighted by Gasteiger charge is 2.33. The Bertz CT molecular complexity index is 812. The van der Waals surface area contributed by atoms with Gasteiger partial charge in [-0.2, -0.15) is 5.10 Å². The summed E-state index contributed by atoms with van der Waals surface area (Å²) in [6.07, 6.45) is 3.30. The van der Waals surface area contributed by atoms with Crippen LogP contribution in [0.3, 0.4) is 0 Å². The summed E-state index contributed by atoms with van der Waals surface area (Å²) < 4.78 is 26.7. The summed E-state index contributed by atoms with van der Waals surface area (Å²) in [7, 11) is 0. The number of amides is 1. The average molecular weight is 445 g/mol. The molecule has 2 fully saturated rings. The standard InChI is InChI=1S/C20H30ClFN4O4/c1-19(2,3)30-18(28)25-8-5-14(6-9-25)26-17(27)16(21)15(11-24-26)23-12-20(22)7-4-10-29-13-20/h11,14,23H,4-10,12-13H2,1-3H3/t20-/m0/s1. The highest BCUT2D eigenvalue weighted by atomic mass is 35.5. The van der Waals surface area contributed by atoms with Crippen LogP contribution in [0.1, 0.15) is 52.5 Å². The molecule has 1 amide bonds. The third-order valence-corrected chi connectivity index (χ3v) is 5.64. The van der Waals surface area contributed by atoms with Gasteiger partial charge in [-0.25, -0.2) is 13.9 Å². The minimum absolute atomic E-state index is 0.00608. The molecule has 8 nitrogen and oxygen atoms in total. The van der Waals surface area contributed by atoms with E-state index < -0.39 is 16.8 Å². The lowest BCUT2D eigenvalue weighted by Gasteiger charge is -2.33. The number of carbonyl (C=O) groups is 1. The fourth-order valence-electron chi connectivity index (χ4n) is 3.66. The number of ether oxygens (including phenoxy) is 2. The first-order valence-electron chi connectivity index (χ1n) is 10.3. The maximum atomic E-state index is 14.7. The second-order valence-corrected chi connectivity index (χ2v) is 9.36. The molecule has 3 heterocycles. The number of halogens is 2. The Balaban J connectivity index is 1.61. The molecule has 1 N–H and O–H groups in total. The summed E-state index contributed by atoms with van der Waals surface area (Å²) in [6.45, 7) is 7.01. The molecule has 0 saturated carbocycles. The average Bonchev–Trinajstić information content (AvgIpc) is 2.69. The van der Waals surface area contributed by atoms with Gasteiger partial charge in [0, 0.05) is 19.7 Å². The molecule has 2 aliphatic rings. The van der Waals surface area contributed by atoms with Gasteiger partial charge in [-0.3, -0.25) is 4.79 Å². The van der Waals surface area contributed by atoms with Crippen molar-refractivity contribution in [3.05, 3.63) is 21.6 Å². The van der Waals surface area contributed by atoms with Crippen LogP contribution >= 0.6 is 11.6 Å². The fourth-order valence-corrected chi connectivity index (χ4v) is 3.86. The third kappa shape index (κ3) is 5.63. The van der Waals surface area contributed by atoms with Gasteiger partial charge >= 0.3 is 6.09 Å². The van der Waals surface area contributed by atoms with Crippen LogP contribution in [0.25, 0.3) is 0 Å². The first-order chi connectivity index (χ1) is 14.1. The maximum absolute atomic E-state index is 14.7. The van der Waals surface area contributed by atoms with Crippen molar-refractivity contribution in [1.82, 2.24) is 14.7 Å². The van der Waals surface area contributed by atoms with Gasteiger partial charge in [0.25, 0.3) is 5.56 Å². The van der Waals surface area contributed by atoms with E-state index in [1.165, 1.54) is 10.9 Å². The zero-order chi connectivity index (χ0) is 21.9. The van der Waals surface area contributed by atoms with E-state index in [9.17, 15) is 14.0 Å². The molecule has 0 aliphatic carbocycles. The summed E-state index contributed by atoms with van der Waals surface area (Å²) >= 11 is 6.26. The largest absolute Gasteiger partial charge is 0.444 e. The first-order valence-corrected chi connectivity index (χ1v) is 10.7. The van der Waals surface area contributed by atoms with E-state index in [4.69, 9.17) is 21.1 Å². The van der Waals surface area contributed by atoms with Crippen molar-refractivity contribution in [3.8, 4) is 0 Å². The minimum atomic E-state index is -1.48. The summed E-state index contributed by atoms with van der Waals surface area (Å²) in [5.41, 5.74) is -2.15. The smallest absolute Gasteiger partial charge is 0.410 e. The van der Waals surface area contributed by atoms with Crippen molar-refractivity contribution in [2.75, 3.05) is 38.2 Å². The Kier molecular flexibility index (Phi) is 6.91. The molecule has 0 radical (unpaired) electrons. The van der Waals surface area contributed by atoms with E-state index in [1.54, 1.807) is 4.90 Å². The zero-order valence-electron chi connectivity index (χ0n) is 17.7. The van der Waals surface area contributed by atoms with Crippen LogP contribution in [0.4, 0.5) is 14.9 Å². The van der Waals surface area contributed by atoms with E-state index in [0.717, 1.165) is 0 Å². The molecule has 168 valence electrons. The number of anilines is 1. The molecular weight excluding hydrogens is 415 g/mol. The van der Waals surface area contributed by atoms with Crippen LogP contribution in [-0.4, -0.2) is 64.9 Å². The number of likely N-dealkylation sites (tertiary alicyclic amines) is 1. The molecule has 1 atom stereocenters. The van der Waals surface area contributed by atoms with Crippen molar-refractivity contribution in [2.24, 2.45) is 0 Å². The van der Waals surface area contributed by atoms with E-state index >= 15 is 0 Å². The Hall–Kier alpha value is -1.87. The maximum Gasteiger partial charge on any atom is 0.410 e. The summed E-state index contributed by atoms with van der Waals surface area (Å²) in [5.74, 6) is 0. The molecule has 30 heavy (non-hydrogen) atoms. The molecule has 10 heteroatoms. The van der Waals surface area contributed by atoms with Crippen molar-refractivity contribution < 1.29 is 18.7 Å². The number of carbonyl (C=O) groups excluding carboxylic acids is 1. The lowest BCUT2D eigenvalue weighted by Crippen LogP contribution is -2.44. The van der Waals surface area contributed by atoms with E-state index in [0.29, 0.717) is 51.1 Å². The summed E-state index contributed by atoms with van der Waals surface area (Å²) in [4.78, 5) is 26.6. The van der Waals surface area contributed by atoms with Gasteiger partial charge in [-0.15, -0.1) is 0 Å². The quantitative estimate of drug-likeness (QED) is 0.766. The monoisotopic (exact) mass is 444 g/mol. The minimum Gasteiger partial charge on any atom is -0.444 e. The molecule has 1 aromatic heterocycles. The van der Waals surface area contributed by atoms with Crippen LogP contribution in [-0.2, 0) is 9.47 Å². The molecule has 0 bridgehead atoms. The number of nitrogens with zero attached hydrogens (tertiary/aromatic N) is 3. The van der Waals surface area contributed by atoms with Crippen molar-refractivity contribution in [3.63, 3.8) is 0 Å². The molecule has 0 aromatic carbocycles. The van der Waals surface area contributed by atoms with Crippen LogP contribution in [0.15, 0.2) is 11.0 Å². The fraction of sp³-hybridized carbons (Fsp3) is 0.750. The molecular formula is C20H30ClFN4O4. The Morgan fingerprint density at radius 1 is 1.43 bits per heavy atom. The summed E-state index contributed by atoms with van der Waals surface area (Å²) in [5, 5.41) is 7.14. The Morgan fingerprint density at radius 2 is 2.13 bits per heavy atom. The Labute approximate surface area is 180 Å². The van der Waals surface area contributed by atoms with Gasteiger partial charge in [0.15, 0.2) is 5.67 Å². The van der Waals surface area contributed by atoms with Gasteiger partial charge < -0.3 is 19.7 Å². The number of aromatic nitrogens is 2. The first kappa shape index (κ1) is 22.8. The molecule has 1 aromatic rings. The summed E-state index contributed by atoms with van der Waals surface area (Å²) in [6, 6.07) is -0.165. The number of hydrogen-bond acceptors (Lipinski definition) is 6. The van der Waals surface area contributed by atoms with Gasteiger partial charge in [0.1, 0.15) is 10.6 Å². The Morgan fingerprint density at radius 3 is 2.73 bits per heavy atom. The second-order valence-electron chi connectivity index (χ2n) is 8.98. The number of piperidine rings is 1. The number of hydrogen-bond donors (Lipinski definition) is 1. The molecule has 0 spiro atoms. The van der Waals surface area contributed by atoms with E-state index in [-0.39, 0.29) is 30.3 Å². The predicted molar refractivity (Wildman–Crippen MR) is 112 cm³/mol. The van der Waals surface area contributed by atoms with Crippen LogP contribution in [0.2, 0.25) is 5.02 Å². The number of alkyl halides is 1. The van der Waals surface area contributed by atoms with Gasteiger partial charge in [-0.1, -0.05) is 11.6 Å². The lowest BCUT2D eigenvalue weighted by molar-refractivity contribution is -0.0234. The highest BCUT2D eigenvalue weighted by molar-refractivity contribution is 6.32. The van der Waals surface area contributed by atoms with Crippen LogP contribution < -0.4 is 10.9 Å². The molecule has 2 aliphatic heterocycles. The van der Waals surface area contributed by atoms with Gasteiger partial charge in [0.05, 0.1) is 31.1 Å². The molecule has 2 saturated heterocycles. The van der Waals surface area contributed by atoms with Crippen molar-refractivity contribution in [1.29, 1.82) is 0 Å². The lowest BCUT2D eigenvalue weighted by atomic mass is 9.99. The predicted octanol–water partition coefficient (Wildman–Crippen LogP) is 3.40. The van der Waals surface area contributed by atoms with E-state index in [2.05, 4.69) is 10.4 Å². The van der Waals surface area contributed by atoms with Gasteiger partial charge in [0.2, 0.25) is 0 Å². The van der Waals surface area contributed by atoms with Crippen LogP contribution in [0.5, 0.6) is 0 Å². The third-order valence-electron chi connectivity index (χ3n) is 5.28. The number of nitrogens with one attached hydrogen (secondary N) is 1. The van der Waals surface area contributed by atoms with Crippen molar-refractivity contribution >= 4 is 23.4 Å². The number of rotatable bonds is 4. The SMILES string of the molecule is CC(C)(C)OC(=O)N1CCC(n2ncc(NC[C@@]3(F)CCCOC3)c(Cl)c2=O)CC1. The molecule has 3 rings (SSSR count). The second kappa shape index (κ2) is 9.09. The van der Waals surface area contributed by atoms with Crippen LogP contribution in [0, 0.1) is 0 Å². The molecule has 0 unspecified atom stereocenters. The normalized spacial score (nSPS) is 23.3. The zero-order valence-corrected chi connectivity index (χ0v) is 18.5. The van der Waals surface area contributed by atoms with Crippen molar-refractivity contribution in [2.45, 2.75) is 63.8 Å².